The normalized spacial score (nSPS) is 23.5. The molecule has 4 heteroatoms. The molecule has 2 rings (SSSR count). The van der Waals surface area contributed by atoms with Gasteiger partial charge in [-0.15, -0.1) is 0 Å². The van der Waals surface area contributed by atoms with Crippen molar-refractivity contribution in [1.29, 1.82) is 0 Å². The lowest BCUT2D eigenvalue weighted by Crippen LogP contribution is -2.32. The van der Waals surface area contributed by atoms with E-state index in [4.69, 9.17) is 16.3 Å². The van der Waals surface area contributed by atoms with E-state index in [0.717, 1.165) is 32.4 Å². The summed E-state index contributed by atoms with van der Waals surface area (Å²) in [6, 6.07) is 4.69. The standard InChI is InChI=1S/C15H21ClFNO/c1-2-7-18-10-11-4-3-8-19-15(11)13-9-12(16)5-6-14(13)17/h5-6,9,11,15,18H,2-4,7-8,10H2,1H3. The molecule has 1 heterocycles. The predicted octanol–water partition coefficient (Wildman–Crippen LogP) is 3.95. The Bertz CT molecular complexity index is 413. The van der Waals surface area contributed by atoms with Gasteiger partial charge in [0, 0.05) is 29.7 Å². The van der Waals surface area contributed by atoms with Crippen LogP contribution in [-0.4, -0.2) is 19.7 Å². The average molecular weight is 286 g/mol. The molecule has 0 aromatic heterocycles. The Balaban J connectivity index is 2.11. The second kappa shape index (κ2) is 7.22. The van der Waals surface area contributed by atoms with Gasteiger partial charge >= 0.3 is 0 Å². The molecule has 1 aliphatic rings. The van der Waals surface area contributed by atoms with Crippen molar-refractivity contribution in [3.63, 3.8) is 0 Å². The fraction of sp³-hybridized carbons (Fsp3) is 0.600. The highest BCUT2D eigenvalue weighted by molar-refractivity contribution is 6.30. The highest BCUT2D eigenvalue weighted by atomic mass is 35.5. The maximum absolute atomic E-state index is 14.0. The lowest BCUT2D eigenvalue weighted by Gasteiger charge is -2.32. The molecule has 0 saturated carbocycles. The van der Waals surface area contributed by atoms with Gasteiger partial charge in [-0.3, -0.25) is 0 Å². The summed E-state index contributed by atoms with van der Waals surface area (Å²) in [5.74, 6) is 0.0880. The Morgan fingerprint density at radius 2 is 2.32 bits per heavy atom. The summed E-state index contributed by atoms with van der Waals surface area (Å²) in [6.07, 6.45) is 3.02. The summed E-state index contributed by atoms with van der Waals surface area (Å²) in [4.78, 5) is 0. The van der Waals surface area contributed by atoms with E-state index in [1.165, 1.54) is 6.07 Å². The number of hydrogen-bond donors (Lipinski definition) is 1. The van der Waals surface area contributed by atoms with Crippen LogP contribution in [0.2, 0.25) is 5.02 Å². The monoisotopic (exact) mass is 285 g/mol. The molecule has 0 aliphatic carbocycles. The van der Waals surface area contributed by atoms with Crippen LogP contribution >= 0.6 is 11.6 Å². The van der Waals surface area contributed by atoms with Crippen molar-refractivity contribution >= 4 is 11.6 Å². The smallest absolute Gasteiger partial charge is 0.129 e. The van der Waals surface area contributed by atoms with Gasteiger partial charge < -0.3 is 10.1 Å². The van der Waals surface area contributed by atoms with Gasteiger partial charge in [-0.2, -0.15) is 0 Å². The minimum atomic E-state index is -0.225. The van der Waals surface area contributed by atoms with Gasteiger partial charge in [-0.1, -0.05) is 18.5 Å². The Labute approximate surface area is 119 Å². The molecule has 2 atom stereocenters. The minimum Gasteiger partial charge on any atom is -0.373 e. The summed E-state index contributed by atoms with van der Waals surface area (Å²) < 4.78 is 19.8. The van der Waals surface area contributed by atoms with Crippen LogP contribution in [0.4, 0.5) is 4.39 Å². The number of rotatable bonds is 5. The molecule has 1 fully saturated rings. The van der Waals surface area contributed by atoms with Crippen LogP contribution in [0.5, 0.6) is 0 Å². The molecule has 1 aliphatic heterocycles. The van der Waals surface area contributed by atoms with Crippen LogP contribution in [0.1, 0.15) is 37.9 Å². The molecule has 0 spiro atoms. The predicted molar refractivity (Wildman–Crippen MR) is 76.0 cm³/mol. The third-order valence-corrected chi connectivity index (χ3v) is 3.78. The van der Waals surface area contributed by atoms with Crippen molar-refractivity contribution in [2.45, 2.75) is 32.3 Å². The van der Waals surface area contributed by atoms with Gasteiger partial charge in [0.05, 0.1) is 6.10 Å². The van der Waals surface area contributed by atoms with Crippen LogP contribution in [0, 0.1) is 11.7 Å². The molecule has 19 heavy (non-hydrogen) atoms. The molecule has 1 aromatic carbocycles. The molecule has 2 nitrogen and oxygen atoms in total. The first-order chi connectivity index (χ1) is 9.22. The van der Waals surface area contributed by atoms with Crippen LogP contribution in [0.25, 0.3) is 0 Å². The number of nitrogens with one attached hydrogen (secondary N) is 1. The van der Waals surface area contributed by atoms with Crippen LogP contribution in [0.3, 0.4) is 0 Å². The van der Waals surface area contributed by atoms with Gasteiger partial charge in [-0.25, -0.2) is 4.39 Å². The summed E-state index contributed by atoms with van der Waals surface area (Å²) in [6.45, 7) is 4.69. The average Bonchev–Trinajstić information content (AvgIpc) is 2.42. The molecule has 1 N–H and O–H groups in total. The second-order valence-corrected chi connectivity index (χ2v) is 5.50. The Morgan fingerprint density at radius 3 is 3.11 bits per heavy atom. The number of benzene rings is 1. The molecule has 0 bridgehead atoms. The maximum atomic E-state index is 14.0. The van der Waals surface area contributed by atoms with E-state index in [0.29, 0.717) is 23.1 Å². The van der Waals surface area contributed by atoms with Crippen molar-refractivity contribution in [1.82, 2.24) is 5.32 Å². The van der Waals surface area contributed by atoms with Crippen LogP contribution in [-0.2, 0) is 4.74 Å². The van der Waals surface area contributed by atoms with Gasteiger partial charge in [-0.05, 0) is 44.0 Å². The highest BCUT2D eigenvalue weighted by Gasteiger charge is 2.29. The van der Waals surface area contributed by atoms with Crippen molar-refractivity contribution < 1.29 is 9.13 Å². The summed E-state index contributed by atoms with van der Waals surface area (Å²) in [5.41, 5.74) is 0.593. The largest absolute Gasteiger partial charge is 0.373 e. The lowest BCUT2D eigenvalue weighted by molar-refractivity contribution is -0.0295. The first-order valence-electron chi connectivity index (χ1n) is 6.99. The molecule has 1 saturated heterocycles. The number of hydrogen-bond acceptors (Lipinski definition) is 2. The van der Waals surface area contributed by atoms with E-state index in [2.05, 4.69) is 12.2 Å². The fourth-order valence-electron chi connectivity index (χ4n) is 2.59. The van der Waals surface area contributed by atoms with Gasteiger partial charge in [0.15, 0.2) is 0 Å². The van der Waals surface area contributed by atoms with E-state index in [1.807, 2.05) is 0 Å². The SMILES string of the molecule is CCCNCC1CCCOC1c1cc(Cl)ccc1F. The topological polar surface area (TPSA) is 21.3 Å². The summed E-state index contributed by atoms with van der Waals surface area (Å²) in [5, 5.41) is 3.96. The Hall–Kier alpha value is -0.640. The van der Waals surface area contributed by atoms with Gasteiger partial charge in [0.25, 0.3) is 0 Å². The van der Waals surface area contributed by atoms with E-state index in [-0.39, 0.29) is 11.9 Å². The van der Waals surface area contributed by atoms with Gasteiger partial charge in [0.1, 0.15) is 5.82 Å². The highest BCUT2D eigenvalue weighted by Crippen LogP contribution is 2.35. The summed E-state index contributed by atoms with van der Waals surface area (Å²) in [7, 11) is 0. The lowest BCUT2D eigenvalue weighted by atomic mass is 9.89. The zero-order valence-electron chi connectivity index (χ0n) is 11.3. The molecule has 0 amide bonds. The van der Waals surface area contributed by atoms with Gasteiger partial charge in [0.2, 0.25) is 0 Å². The fourth-order valence-corrected chi connectivity index (χ4v) is 2.77. The van der Waals surface area contributed by atoms with E-state index < -0.39 is 0 Å². The van der Waals surface area contributed by atoms with Crippen molar-refractivity contribution in [2.75, 3.05) is 19.7 Å². The third kappa shape index (κ3) is 3.91. The number of halogens is 2. The second-order valence-electron chi connectivity index (χ2n) is 5.06. The quantitative estimate of drug-likeness (QED) is 0.827. The van der Waals surface area contributed by atoms with E-state index in [1.54, 1.807) is 12.1 Å². The molecular formula is C15H21ClFNO. The molecule has 0 radical (unpaired) electrons. The first-order valence-corrected chi connectivity index (χ1v) is 7.37. The van der Waals surface area contributed by atoms with Crippen LogP contribution < -0.4 is 5.32 Å². The van der Waals surface area contributed by atoms with Crippen molar-refractivity contribution in [2.24, 2.45) is 5.92 Å². The Morgan fingerprint density at radius 1 is 1.47 bits per heavy atom. The van der Waals surface area contributed by atoms with Crippen LogP contribution in [0.15, 0.2) is 18.2 Å². The van der Waals surface area contributed by atoms with Crippen molar-refractivity contribution in [3.8, 4) is 0 Å². The molecular weight excluding hydrogens is 265 g/mol. The summed E-state index contributed by atoms with van der Waals surface area (Å²) >= 11 is 5.97. The van der Waals surface area contributed by atoms with E-state index >= 15 is 0 Å². The maximum Gasteiger partial charge on any atom is 0.129 e. The zero-order chi connectivity index (χ0) is 13.7. The van der Waals surface area contributed by atoms with Crippen molar-refractivity contribution in [3.05, 3.63) is 34.6 Å². The van der Waals surface area contributed by atoms with E-state index in [9.17, 15) is 4.39 Å². The molecule has 2 unspecified atom stereocenters. The first kappa shape index (κ1) is 14.8. The Kier molecular flexibility index (Phi) is 5.61. The zero-order valence-corrected chi connectivity index (χ0v) is 12.0. The molecule has 106 valence electrons. The molecule has 1 aromatic rings. The third-order valence-electron chi connectivity index (χ3n) is 3.54. The minimum absolute atomic E-state index is 0.184. The number of ether oxygens (including phenoxy) is 1.